The molecule has 0 radical (unpaired) electrons. The number of carbonyl (C=O) groups excluding carboxylic acids is 4. The molecule has 1 saturated heterocycles. The van der Waals surface area contributed by atoms with Crippen LogP contribution in [-0.2, 0) is 34.0 Å². The molecule has 7 rings (SSSR count). The zero-order valence-electron chi connectivity index (χ0n) is 29.6. The van der Waals surface area contributed by atoms with Gasteiger partial charge in [-0.2, -0.15) is 0 Å². The van der Waals surface area contributed by atoms with Crippen LogP contribution in [0.25, 0.3) is 0 Å². The average molecular weight is 766 g/mol. The van der Waals surface area contributed by atoms with Gasteiger partial charge in [0.25, 0.3) is 5.91 Å². The number of oxime groups is 1. The van der Waals surface area contributed by atoms with Crippen molar-refractivity contribution < 1.29 is 37.2 Å². The van der Waals surface area contributed by atoms with E-state index in [2.05, 4.69) is 20.5 Å². The first-order valence-electron chi connectivity index (χ1n) is 18.8. The van der Waals surface area contributed by atoms with Gasteiger partial charge in [0, 0.05) is 17.9 Å². The number of nitrogens with one attached hydrogen (secondary N) is 3. The summed E-state index contributed by atoms with van der Waals surface area (Å²) < 4.78 is 33.5. The van der Waals surface area contributed by atoms with Crippen LogP contribution in [0.15, 0.2) is 65.2 Å². The van der Waals surface area contributed by atoms with Gasteiger partial charge in [0.05, 0.1) is 16.7 Å². The molecule has 3 aliphatic carbocycles. The standard InChI is InChI=1S/C38H47N5O8S2/c44-34-31-22-28(51-41-33(32-18-11-21-52-32)25-12-5-4-6-13-25)24-43(31)35(45)30(39-37(47)50-27-15-9-10-16-27)17-8-3-1-2-7-14-26-23-38(26,40-34)36(46)42-53(48,49)29-19-20-29/h4-7,11-14,18,21,26-31H,1-3,8-10,15-17,19-20,22-24H2,(H,39,47)(H,40,44)(H,42,46)/b14-7-,41-33+/t26-,28-,30+,31+,38?/m1/s1. The molecule has 1 aromatic carbocycles. The van der Waals surface area contributed by atoms with E-state index < -0.39 is 68.7 Å². The Morgan fingerprint density at radius 3 is 2.45 bits per heavy atom. The molecule has 284 valence electrons. The lowest BCUT2D eigenvalue weighted by Gasteiger charge is -2.30. The summed E-state index contributed by atoms with van der Waals surface area (Å²) in [6, 6.07) is 11.4. The highest BCUT2D eigenvalue weighted by Gasteiger charge is 2.62. The van der Waals surface area contributed by atoms with Crippen LogP contribution in [0.5, 0.6) is 0 Å². The highest BCUT2D eigenvalue weighted by molar-refractivity contribution is 7.91. The first kappa shape index (κ1) is 37.1. The van der Waals surface area contributed by atoms with Gasteiger partial charge in [0.15, 0.2) is 0 Å². The number of sulfonamides is 1. The van der Waals surface area contributed by atoms with Crippen molar-refractivity contribution in [2.24, 2.45) is 11.1 Å². The summed E-state index contributed by atoms with van der Waals surface area (Å²) in [6.07, 6.45) is 10.4. The van der Waals surface area contributed by atoms with Gasteiger partial charge in [-0.05, 0) is 75.7 Å². The Hall–Kier alpha value is -4.24. The van der Waals surface area contributed by atoms with E-state index in [9.17, 15) is 27.6 Å². The molecule has 2 aliphatic heterocycles. The Kier molecular flexibility index (Phi) is 11.2. The number of amides is 4. The third-order valence-corrected chi connectivity index (χ3v) is 13.5. The summed E-state index contributed by atoms with van der Waals surface area (Å²) in [7, 11) is -3.88. The van der Waals surface area contributed by atoms with Crippen LogP contribution in [0, 0.1) is 5.92 Å². The molecular formula is C38H47N5O8S2. The lowest BCUT2D eigenvalue weighted by atomic mass is 10.0. The maximum Gasteiger partial charge on any atom is 0.408 e. The van der Waals surface area contributed by atoms with E-state index in [4.69, 9.17) is 9.57 Å². The summed E-state index contributed by atoms with van der Waals surface area (Å²) in [6.45, 7) is 0.00136. The molecule has 5 atom stereocenters. The van der Waals surface area contributed by atoms with Crippen molar-refractivity contribution in [2.75, 3.05) is 6.54 Å². The van der Waals surface area contributed by atoms with Gasteiger partial charge in [0.2, 0.25) is 21.8 Å². The van der Waals surface area contributed by atoms with Crippen molar-refractivity contribution in [3.63, 3.8) is 0 Å². The van der Waals surface area contributed by atoms with E-state index in [1.54, 1.807) is 0 Å². The fourth-order valence-electron chi connectivity index (χ4n) is 7.55. The molecule has 13 nitrogen and oxygen atoms in total. The van der Waals surface area contributed by atoms with E-state index in [1.165, 1.54) is 16.2 Å². The fourth-order valence-corrected chi connectivity index (χ4v) is 9.64. The summed E-state index contributed by atoms with van der Waals surface area (Å²) in [4.78, 5) is 64.0. The molecule has 4 fully saturated rings. The summed E-state index contributed by atoms with van der Waals surface area (Å²) in [5.41, 5.74) is -0.0389. The van der Waals surface area contributed by atoms with Gasteiger partial charge in [-0.3, -0.25) is 19.1 Å². The molecule has 3 saturated carbocycles. The molecule has 0 spiro atoms. The Labute approximate surface area is 314 Å². The van der Waals surface area contributed by atoms with Gasteiger partial charge in [-0.1, -0.05) is 66.5 Å². The molecular weight excluding hydrogens is 719 g/mol. The Balaban J connectivity index is 1.16. The molecule has 4 amide bonds. The van der Waals surface area contributed by atoms with Crippen LogP contribution in [0.4, 0.5) is 4.79 Å². The number of hydrogen-bond donors (Lipinski definition) is 3. The van der Waals surface area contributed by atoms with Crippen LogP contribution >= 0.6 is 11.3 Å². The minimum absolute atomic E-state index is 0.00136. The zero-order chi connectivity index (χ0) is 37.0. The second-order valence-corrected chi connectivity index (χ2v) is 17.7. The minimum atomic E-state index is -3.88. The Bertz CT molecular complexity index is 1820. The molecule has 2 aromatic rings. The molecule has 15 heteroatoms. The maximum absolute atomic E-state index is 14.5. The molecule has 3 heterocycles. The first-order valence-corrected chi connectivity index (χ1v) is 21.2. The number of benzene rings is 1. The van der Waals surface area contributed by atoms with E-state index in [0.717, 1.165) is 49.0 Å². The molecule has 5 aliphatic rings. The van der Waals surface area contributed by atoms with Crippen LogP contribution < -0.4 is 15.4 Å². The largest absolute Gasteiger partial charge is 0.446 e. The molecule has 0 bridgehead atoms. The van der Waals surface area contributed by atoms with Crippen molar-refractivity contribution >= 4 is 50.9 Å². The number of carbonyl (C=O) groups is 4. The monoisotopic (exact) mass is 765 g/mol. The number of hydrogen-bond acceptors (Lipinski definition) is 10. The normalized spacial score (nSPS) is 29.1. The van der Waals surface area contributed by atoms with Crippen molar-refractivity contribution in [2.45, 2.75) is 119 Å². The third-order valence-electron chi connectivity index (χ3n) is 10.8. The molecule has 1 unspecified atom stereocenters. The number of allylic oxidation sites excluding steroid dienone is 1. The van der Waals surface area contributed by atoms with Gasteiger partial charge >= 0.3 is 6.09 Å². The van der Waals surface area contributed by atoms with E-state index in [1.807, 2.05) is 60.0 Å². The molecule has 1 aromatic heterocycles. The zero-order valence-corrected chi connectivity index (χ0v) is 31.2. The number of fused-ring (bicyclic) bond motifs is 2. The minimum Gasteiger partial charge on any atom is -0.446 e. The van der Waals surface area contributed by atoms with Crippen LogP contribution in [0.1, 0.15) is 93.9 Å². The summed E-state index contributed by atoms with van der Waals surface area (Å²) in [5, 5.41) is 11.6. The van der Waals surface area contributed by atoms with Gasteiger partial charge in [0.1, 0.15) is 35.5 Å². The third kappa shape index (κ3) is 8.77. The average Bonchev–Trinajstić information content (AvgIpc) is 3.88. The topological polar surface area (TPSA) is 173 Å². The Morgan fingerprint density at radius 1 is 0.943 bits per heavy atom. The predicted molar refractivity (Wildman–Crippen MR) is 198 cm³/mol. The van der Waals surface area contributed by atoms with E-state index in [-0.39, 0.29) is 25.5 Å². The number of rotatable bonds is 9. The highest BCUT2D eigenvalue weighted by atomic mass is 32.2. The highest BCUT2D eigenvalue weighted by Crippen LogP contribution is 2.46. The van der Waals surface area contributed by atoms with E-state index >= 15 is 0 Å². The predicted octanol–water partition coefficient (Wildman–Crippen LogP) is 4.53. The number of alkyl carbamates (subject to hydrolysis) is 1. The lowest BCUT2D eigenvalue weighted by Crippen LogP contribution is -2.58. The summed E-state index contributed by atoms with van der Waals surface area (Å²) >= 11 is 1.50. The van der Waals surface area contributed by atoms with Crippen molar-refractivity contribution in [3.8, 4) is 0 Å². The van der Waals surface area contributed by atoms with Crippen molar-refractivity contribution in [3.05, 3.63) is 70.4 Å². The maximum atomic E-state index is 14.5. The van der Waals surface area contributed by atoms with Crippen molar-refractivity contribution in [1.29, 1.82) is 0 Å². The van der Waals surface area contributed by atoms with Gasteiger partial charge in [-0.15, -0.1) is 11.3 Å². The summed E-state index contributed by atoms with van der Waals surface area (Å²) in [5.74, 6) is -2.25. The van der Waals surface area contributed by atoms with Crippen molar-refractivity contribution in [1.82, 2.24) is 20.3 Å². The van der Waals surface area contributed by atoms with Gasteiger partial charge < -0.3 is 25.1 Å². The van der Waals surface area contributed by atoms with Crippen LogP contribution in [0.3, 0.4) is 0 Å². The SMILES string of the molecule is O=C(N[C@H]1CCCCC/C=C\[C@@H]2CC2(C(=O)NS(=O)(=O)C2CC2)NC(=O)[C@@H]2C[C@@H](O/N=C(\c3ccccc3)c3cccs3)CN2C1=O)OC1CCCC1. The number of ether oxygens (including phenoxy) is 1. The van der Waals surface area contributed by atoms with Crippen LogP contribution in [0.2, 0.25) is 0 Å². The van der Waals surface area contributed by atoms with Crippen LogP contribution in [-0.4, -0.2) is 84.5 Å². The van der Waals surface area contributed by atoms with E-state index in [0.29, 0.717) is 37.8 Å². The first-order chi connectivity index (χ1) is 25.6. The smallest absolute Gasteiger partial charge is 0.408 e. The number of thiophene rings is 1. The second-order valence-electron chi connectivity index (χ2n) is 14.8. The quantitative estimate of drug-likeness (QED) is 0.190. The molecule has 3 N–H and O–H groups in total. The van der Waals surface area contributed by atoms with Gasteiger partial charge in [-0.25, -0.2) is 13.2 Å². The molecule has 53 heavy (non-hydrogen) atoms. The second kappa shape index (κ2) is 16.0. The fraction of sp³-hybridized carbons (Fsp3) is 0.553. The number of nitrogens with zero attached hydrogens (tertiary/aromatic N) is 2. The Morgan fingerprint density at radius 2 is 1.72 bits per heavy atom. The lowest BCUT2D eigenvalue weighted by molar-refractivity contribution is -0.141.